The lowest BCUT2D eigenvalue weighted by atomic mass is 10.1. The number of halogens is 1. The molecule has 0 spiro atoms. The Hall–Kier alpha value is -1.68. The number of hydrogen-bond acceptors (Lipinski definition) is 2. The van der Waals surface area contributed by atoms with Crippen LogP contribution >= 0.6 is 15.9 Å². The molecule has 0 aliphatic rings. The first kappa shape index (κ1) is 13.7. The molecule has 0 aliphatic carbocycles. The fourth-order valence-electron chi connectivity index (χ4n) is 1.70. The Morgan fingerprint density at radius 2 is 2.16 bits per heavy atom. The van der Waals surface area contributed by atoms with E-state index in [2.05, 4.69) is 26.2 Å². The van der Waals surface area contributed by atoms with Gasteiger partial charge in [0.1, 0.15) is 5.82 Å². The second-order valence-electron chi connectivity index (χ2n) is 4.40. The molecule has 1 aromatic carbocycles. The fraction of sp³-hybridized carbons (Fsp3) is 0.200. The number of rotatable bonds is 4. The van der Waals surface area contributed by atoms with Crippen LogP contribution in [0.5, 0.6) is 0 Å². The van der Waals surface area contributed by atoms with Crippen LogP contribution in [0.1, 0.15) is 17.5 Å². The van der Waals surface area contributed by atoms with Crippen molar-refractivity contribution in [1.29, 1.82) is 0 Å². The summed E-state index contributed by atoms with van der Waals surface area (Å²) in [5, 5.41) is 2.79. The number of amides is 1. The number of aromatic nitrogens is 1. The molecule has 4 heteroatoms. The average molecular weight is 319 g/mol. The highest BCUT2D eigenvalue weighted by molar-refractivity contribution is 9.10. The molecule has 0 aliphatic heterocycles. The van der Waals surface area contributed by atoms with Crippen LogP contribution in [0.2, 0.25) is 0 Å². The maximum atomic E-state index is 11.8. The molecule has 0 unspecified atom stereocenters. The lowest BCUT2D eigenvalue weighted by Gasteiger charge is -2.05. The molecule has 2 rings (SSSR count). The Kier molecular flexibility index (Phi) is 4.68. The zero-order valence-electron chi connectivity index (χ0n) is 10.7. The quantitative estimate of drug-likeness (QED) is 0.933. The van der Waals surface area contributed by atoms with Crippen molar-refractivity contribution >= 4 is 27.7 Å². The highest BCUT2D eigenvalue weighted by atomic mass is 79.9. The van der Waals surface area contributed by atoms with Crippen molar-refractivity contribution in [3.05, 3.63) is 58.2 Å². The molecule has 0 radical (unpaired) electrons. The van der Waals surface area contributed by atoms with Gasteiger partial charge in [0.15, 0.2) is 0 Å². The Labute approximate surface area is 121 Å². The predicted octanol–water partition coefficient (Wildman–Crippen LogP) is 3.72. The molecular weight excluding hydrogens is 304 g/mol. The SMILES string of the molecule is Cc1ccc(NC(=O)CCc2cccc(Br)c2)nc1. The molecule has 2 aromatic rings. The van der Waals surface area contributed by atoms with Crippen LogP contribution in [-0.4, -0.2) is 10.9 Å². The molecule has 1 amide bonds. The largest absolute Gasteiger partial charge is 0.311 e. The van der Waals surface area contributed by atoms with E-state index in [0.717, 1.165) is 22.0 Å². The summed E-state index contributed by atoms with van der Waals surface area (Å²) < 4.78 is 1.03. The van der Waals surface area contributed by atoms with Crippen molar-refractivity contribution in [2.24, 2.45) is 0 Å². The normalized spacial score (nSPS) is 10.2. The first-order chi connectivity index (χ1) is 9.13. The van der Waals surface area contributed by atoms with Gasteiger partial charge in [-0.25, -0.2) is 4.98 Å². The van der Waals surface area contributed by atoms with Crippen molar-refractivity contribution in [3.63, 3.8) is 0 Å². The third-order valence-electron chi connectivity index (χ3n) is 2.71. The van der Waals surface area contributed by atoms with Crippen LogP contribution in [0, 0.1) is 6.92 Å². The van der Waals surface area contributed by atoms with E-state index in [4.69, 9.17) is 0 Å². The first-order valence-electron chi connectivity index (χ1n) is 6.10. The zero-order valence-corrected chi connectivity index (χ0v) is 12.3. The topological polar surface area (TPSA) is 42.0 Å². The number of carbonyl (C=O) groups is 1. The first-order valence-corrected chi connectivity index (χ1v) is 6.90. The van der Waals surface area contributed by atoms with E-state index < -0.39 is 0 Å². The summed E-state index contributed by atoms with van der Waals surface area (Å²) in [6, 6.07) is 11.7. The third-order valence-corrected chi connectivity index (χ3v) is 3.20. The molecule has 98 valence electrons. The van der Waals surface area contributed by atoms with Gasteiger partial charge >= 0.3 is 0 Å². The molecule has 3 nitrogen and oxygen atoms in total. The minimum atomic E-state index is -0.0173. The summed E-state index contributed by atoms with van der Waals surface area (Å²) in [4.78, 5) is 15.9. The fourth-order valence-corrected chi connectivity index (χ4v) is 2.14. The minimum absolute atomic E-state index is 0.0173. The van der Waals surface area contributed by atoms with Crippen molar-refractivity contribution in [2.75, 3.05) is 5.32 Å². The molecule has 0 saturated heterocycles. The summed E-state index contributed by atoms with van der Waals surface area (Å²) >= 11 is 3.42. The van der Waals surface area contributed by atoms with Crippen LogP contribution < -0.4 is 5.32 Å². The van der Waals surface area contributed by atoms with Gasteiger partial charge in [-0.3, -0.25) is 4.79 Å². The Morgan fingerprint density at radius 3 is 2.84 bits per heavy atom. The van der Waals surface area contributed by atoms with Crippen molar-refractivity contribution < 1.29 is 4.79 Å². The van der Waals surface area contributed by atoms with Gasteiger partial charge in [-0.15, -0.1) is 0 Å². The van der Waals surface area contributed by atoms with E-state index in [0.29, 0.717) is 12.2 Å². The highest BCUT2D eigenvalue weighted by Gasteiger charge is 2.04. The average Bonchev–Trinajstić information content (AvgIpc) is 2.39. The van der Waals surface area contributed by atoms with Crippen molar-refractivity contribution in [3.8, 4) is 0 Å². The van der Waals surface area contributed by atoms with Gasteiger partial charge in [0.2, 0.25) is 5.91 Å². The van der Waals surface area contributed by atoms with E-state index in [1.807, 2.05) is 43.3 Å². The maximum absolute atomic E-state index is 11.8. The van der Waals surface area contributed by atoms with Gasteiger partial charge in [-0.1, -0.05) is 34.1 Å². The number of anilines is 1. The summed E-state index contributed by atoms with van der Waals surface area (Å²) in [5.74, 6) is 0.584. The summed E-state index contributed by atoms with van der Waals surface area (Å²) in [5.41, 5.74) is 2.22. The lowest BCUT2D eigenvalue weighted by Crippen LogP contribution is -2.13. The van der Waals surface area contributed by atoms with Crippen LogP contribution in [0.25, 0.3) is 0 Å². The number of aryl methyl sites for hydroxylation is 2. The van der Waals surface area contributed by atoms with Gasteiger partial charge in [0.25, 0.3) is 0 Å². The van der Waals surface area contributed by atoms with Crippen LogP contribution in [-0.2, 0) is 11.2 Å². The third kappa shape index (κ3) is 4.48. The van der Waals surface area contributed by atoms with Gasteiger partial charge < -0.3 is 5.32 Å². The molecule has 19 heavy (non-hydrogen) atoms. The molecular formula is C15H15BrN2O. The number of hydrogen-bond donors (Lipinski definition) is 1. The predicted molar refractivity (Wildman–Crippen MR) is 80.1 cm³/mol. The molecule has 1 heterocycles. The molecule has 0 bridgehead atoms. The van der Waals surface area contributed by atoms with Gasteiger partial charge in [0, 0.05) is 17.1 Å². The van der Waals surface area contributed by atoms with E-state index >= 15 is 0 Å². The molecule has 0 saturated carbocycles. The second kappa shape index (κ2) is 6.48. The Bertz CT molecular complexity index is 567. The second-order valence-corrected chi connectivity index (χ2v) is 5.31. The molecule has 1 aromatic heterocycles. The molecule has 1 N–H and O–H groups in total. The van der Waals surface area contributed by atoms with Gasteiger partial charge in [-0.2, -0.15) is 0 Å². The number of pyridine rings is 1. The summed E-state index contributed by atoms with van der Waals surface area (Å²) in [6.07, 6.45) is 2.91. The molecule has 0 fully saturated rings. The monoisotopic (exact) mass is 318 g/mol. The molecule has 0 atom stereocenters. The van der Waals surface area contributed by atoms with E-state index in [1.165, 1.54) is 0 Å². The van der Waals surface area contributed by atoms with Crippen molar-refractivity contribution in [1.82, 2.24) is 4.98 Å². The van der Waals surface area contributed by atoms with Crippen LogP contribution in [0.15, 0.2) is 47.1 Å². The van der Waals surface area contributed by atoms with E-state index in [9.17, 15) is 4.79 Å². The maximum Gasteiger partial charge on any atom is 0.225 e. The van der Waals surface area contributed by atoms with E-state index in [-0.39, 0.29) is 5.91 Å². The van der Waals surface area contributed by atoms with Crippen LogP contribution in [0.3, 0.4) is 0 Å². The zero-order chi connectivity index (χ0) is 13.7. The Morgan fingerprint density at radius 1 is 1.32 bits per heavy atom. The summed E-state index contributed by atoms with van der Waals surface area (Å²) in [7, 11) is 0. The number of nitrogens with one attached hydrogen (secondary N) is 1. The number of benzene rings is 1. The lowest BCUT2D eigenvalue weighted by molar-refractivity contribution is -0.116. The minimum Gasteiger partial charge on any atom is -0.311 e. The standard InChI is InChI=1S/C15H15BrN2O/c1-11-5-7-14(17-10-11)18-15(19)8-6-12-3-2-4-13(16)9-12/h2-5,7,9-10H,6,8H2,1H3,(H,17,18,19). The number of nitrogens with zero attached hydrogens (tertiary/aromatic N) is 1. The van der Waals surface area contributed by atoms with Crippen LogP contribution in [0.4, 0.5) is 5.82 Å². The smallest absolute Gasteiger partial charge is 0.225 e. The van der Waals surface area contributed by atoms with Gasteiger partial charge in [-0.05, 0) is 42.7 Å². The van der Waals surface area contributed by atoms with Crippen molar-refractivity contribution in [2.45, 2.75) is 19.8 Å². The summed E-state index contributed by atoms with van der Waals surface area (Å²) in [6.45, 7) is 1.96. The Balaban J connectivity index is 1.86. The van der Waals surface area contributed by atoms with E-state index in [1.54, 1.807) is 6.20 Å². The highest BCUT2D eigenvalue weighted by Crippen LogP contribution is 2.13. The number of carbonyl (C=O) groups excluding carboxylic acids is 1. The van der Waals surface area contributed by atoms with Gasteiger partial charge in [0.05, 0.1) is 0 Å².